The SMILES string of the molecule is CCOC(=O)[C@H](Cc1cn(S(=O)(=O)c2ccc(C)cc2)c2ccccc12)NS(=O)(=O)c1ccc(C)cc1. The van der Waals surface area contributed by atoms with Crippen LogP contribution in [0.2, 0.25) is 0 Å². The Hall–Kier alpha value is -3.47. The first-order valence-electron chi connectivity index (χ1n) is 11.7. The van der Waals surface area contributed by atoms with E-state index in [4.69, 9.17) is 4.74 Å². The second kappa shape index (κ2) is 10.5. The van der Waals surface area contributed by atoms with Crippen molar-refractivity contribution in [3.8, 4) is 0 Å². The van der Waals surface area contributed by atoms with E-state index in [1.54, 1.807) is 55.5 Å². The van der Waals surface area contributed by atoms with Crippen LogP contribution in [0.3, 0.4) is 0 Å². The summed E-state index contributed by atoms with van der Waals surface area (Å²) in [5.41, 5.74) is 2.72. The van der Waals surface area contributed by atoms with Crippen molar-refractivity contribution in [1.29, 1.82) is 0 Å². The Morgan fingerprint density at radius 1 is 0.865 bits per heavy atom. The van der Waals surface area contributed by atoms with Crippen molar-refractivity contribution in [2.45, 2.75) is 43.0 Å². The zero-order valence-electron chi connectivity index (χ0n) is 20.7. The highest BCUT2D eigenvalue weighted by atomic mass is 32.2. The molecule has 0 saturated heterocycles. The first kappa shape index (κ1) is 26.6. The molecule has 0 spiro atoms. The van der Waals surface area contributed by atoms with Crippen molar-refractivity contribution < 1.29 is 26.4 Å². The summed E-state index contributed by atoms with van der Waals surface area (Å²) in [7, 11) is -8.01. The Labute approximate surface area is 217 Å². The summed E-state index contributed by atoms with van der Waals surface area (Å²) >= 11 is 0. The number of carbonyl (C=O) groups is 1. The Morgan fingerprint density at radius 3 is 2.03 bits per heavy atom. The van der Waals surface area contributed by atoms with Crippen LogP contribution < -0.4 is 4.72 Å². The highest BCUT2D eigenvalue weighted by Crippen LogP contribution is 2.27. The highest BCUT2D eigenvalue weighted by Gasteiger charge is 2.29. The van der Waals surface area contributed by atoms with Crippen LogP contribution in [0.15, 0.2) is 88.8 Å². The van der Waals surface area contributed by atoms with Crippen LogP contribution in [-0.4, -0.2) is 39.4 Å². The Morgan fingerprint density at radius 2 is 1.43 bits per heavy atom. The number of fused-ring (bicyclic) bond motifs is 1. The van der Waals surface area contributed by atoms with Gasteiger partial charge in [-0.15, -0.1) is 0 Å². The van der Waals surface area contributed by atoms with Gasteiger partial charge in [0.2, 0.25) is 10.0 Å². The minimum Gasteiger partial charge on any atom is -0.465 e. The molecule has 0 aliphatic rings. The maximum Gasteiger partial charge on any atom is 0.324 e. The van der Waals surface area contributed by atoms with E-state index in [0.717, 1.165) is 11.1 Å². The molecule has 4 aromatic rings. The molecule has 1 aromatic heterocycles. The lowest BCUT2D eigenvalue weighted by molar-refractivity contribution is -0.145. The Balaban J connectivity index is 1.76. The molecule has 0 aliphatic heterocycles. The van der Waals surface area contributed by atoms with Crippen LogP contribution in [0.25, 0.3) is 10.9 Å². The van der Waals surface area contributed by atoms with Gasteiger partial charge in [0.25, 0.3) is 10.0 Å². The zero-order valence-corrected chi connectivity index (χ0v) is 22.3. The van der Waals surface area contributed by atoms with Crippen LogP contribution >= 0.6 is 0 Å². The van der Waals surface area contributed by atoms with Gasteiger partial charge in [0.05, 0.1) is 21.9 Å². The molecule has 3 aromatic carbocycles. The minimum atomic E-state index is -4.06. The number of hydrogen-bond acceptors (Lipinski definition) is 6. The van der Waals surface area contributed by atoms with Gasteiger partial charge in [-0.05, 0) is 56.7 Å². The molecule has 0 unspecified atom stereocenters. The lowest BCUT2D eigenvalue weighted by Crippen LogP contribution is -2.43. The molecule has 0 fully saturated rings. The molecule has 0 bridgehead atoms. The molecule has 0 amide bonds. The molecule has 10 heteroatoms. The third kappa shape index (κ3) is 5.61. The third-order valence-electron chi connectivity index (χ3n) is 5.96. The monoisotopic (exact) mass is 540 g/mol. The lowest BCUT2D eigenvalue weighted by atomic mass is 10.1. The maximum absolute atomic E-state index is 13.5. The largest absolute Gasteiger partial charge is 0.465 e. The van der Waals surface area contributed by atoms with E-state index in [1.165, 1.54) is 34.4 Å². The molecule has 194 valence electrons. The number of nitrogens with one attached hydrogen (secondary N) is 1. The number of benzene rings is 3. The molecular formula is C27H28N2O6S2. The van der Waals surface area contributed by atoms with Crippen molar-refractivity contribution in [2.75, 3.05) is 6.61 Å². The van der Waals surface area contributed by atoms with Crippen LogP contribution in [-0.2, 0) is 36.0 Å². The van der Waals surface area contributed by atoms with Crippen molar-refractivity contribution in [2.24, 2.45) is 0 Å². The fourth-order valence-electron chi connectivity index (χ4n) is 4.01. The minimum absolute atomic E-state index is 0.0109. The number of rotatable bonds is 9. The van der Waals surface area contributed by atoms with Gasteiger partial charge in [-0.2, -0.15) is 4.72 Å². The van der Waals surface area contributed by atoms with E-state index in [-0.39, 0.29) is 22.8 Å². The van der Waals surface area contributed by atoms with Gasteiger partial charge in [0.1, 0.15) is 6.04 Å². The highest BCUT2D eigenvalue weighted by molar-refractivity contribution is 7.90. The molecule has 4 rings (SSSR count). The van der Waals surface area contributed by atoms with Crippen molar-refractivity contribution in [3.63, 3.8) is 0 Å². The summed E-state index contributed by atoms with van der Waals surface area (Å²) in [6, 6.07) is 18.4. The summed E-state index contributed by atoms with van der Waals surface area (Å²) < 4.78 is 61.9. The molecule has 8 nitrogen and oxygen atoms in total. The quantitative estimate of drug-likeness (QED) is 0.322. The topological polar surface area (TPSA) is 112 Å². The number of aromatic nitrogens is 1. The predicted molar refractivity (Wildman–Crippen MR) is 141 cm³/mol. The van der Waals surface area contributed by atoms with Crippen LogP contribution in [0.5, 0.6) is 0 Å². The van der Waals surface area contributed by atoms with Crippen LogP contribution in [0.4, 0.5) is 0 Å². The van der Waals surface area contributed by atoms with Gasteiger partial charge in [-0.25, -0.2) is 20.8 Å². The summed E-state index contributed by atoms with van der Waals surface area (Å²) in [6.45, 7) is 5.40. The van der Waals surface area contributed by atoms with Crippen molar-refractivity contribution in [1.82, 2.24) is 8.69 Å². The summed E-state index contributed by atoms with van der Waals surface area (Å²) in [6.07, 6.45) is 1.33. The van der Waals surface area contributed by atoms with E-state index < -0.39 is 32.1 Å². The number of para-hydroxylation sites is 1. The van der Waals surface area contributed by atoms with Gasteiger partial charge >= 0.3 is 5.97 Å². The summed E-state index contributed by atoms with van der Waals surface area (Å²) in [5, 5.41) is 0.585. The van der Waals surface area contributed by atoms with Crippen LogP contribution in [0, 0.1) is 13.8 Å². The first-order valence-corrected chi connectivity index (χ1v) is 14.6. The number of esters is 1. The van der Waals surface area contributed by atoms with Gasteiger partial charge < -0.3 is 4.74 Å². The van der Waals surface area contributed by atoms with E-state index in [2.05, 4.69) is 4.72 Å². The van der Waals surface area contributed by atoms with E-state index in [0.29, 0.717) is 16.5 Å². The third-order valence-corrected chi connectivity index (χ3v) is 9.14. The molecule has 1 N–H and O–H groups in total. The Kier molecular flexibility index (Phi) is 7.54. The maximum atomic E-state index is 13.5. The molecule has 1 atom stereocenters. The number of hydrogen-bond donors (Lipinski definition) is 1. The number of aryl methyl sites for hydroxylation is 2. The molecule has 37 heavy (non-hydrogen) atoms. The predicted octanol–water partition coefficient (Wildman–Crippen LogP) is 3.95. The second-order valence-electron chi connectivity index (χ2n) is 8.73. The van der Waals surface area contributed by atoms with E-state index in [9.17, 15) is 21.6 Å². The molecule has 1 heterocycles. The van der Waals surface area contributed by atoms with Gasteiger partial charge in [-0.1, -0.05) is 53.6 Å². The van der Waals surface area contributed by atoms with Crippen LogP contribution in [0.1, 0.15) is 23.6 Å². The average Bonchev–Trinajstić information content (AvgIpc) is 3.23. The van der Waals surface area contributed by atoms with E-state index in [1.807, 2.05) is 13.8 Å². The molecular weight excluding hydrogens is 512 g/mol. The summed E-state index contributed by atoms with van der Waals surface area (Å²) in [4.78, 5) is 13.0. The first-order chi connectivity index (χ1) is 17.5. The number of nitrogens with zero attached hydrogens (tertiary/aromatic N) is 1. The lowest BCUT2D eigenvalue weighted by Gasteiger charge is -2.17. The molecule has 0 radical (unpaired) electrons. The van der Waals surface area contributed by atoms with Gasteiger partial charge in [-0.3, -0.25) is 4.79 Å². The smallest absolute Gasteiger partial charge is 0.324 e. The fraction of sp³-hybridized carbons (Fsp3) is 0.222. The number of carbonyl (C=O) groups excluding carboxylic acids is 1. The number of sulfonamides is 1. The van der Waals surface area contributed by atoms with Gasteiger partial charge in [0.15, 0.2) is 0 Å². The molecule has 0 aliphatic carbocycles. The second-order valence-corrected chi connectivity index (χ2v) is 12.3. The van der Waals surface area contributed by atoms with Gasteiger partial charge in [0, 0.05) is 18.0 Å². The molecule has 0 saturated carbocycles. The number of ether oxygens (including phenoxy) is 1. The normalized spacial score (nSPS) is 12.9. The Bertz CT molecular complexity index is 1640. The van der Waals surface area contributed by atoms with Crippen molar-refractivity contribution >= 4 is 36.9 Å². The van der Waals surface area contributed by atoms with Crippen molar-refractivity contribution in [3.05, 3.63) is 95.7 Å². The average molecular weight is 541 g/mol. The summed E-state index contributed by atoms with van der Waals surface area (Å²) in [5.74, 6) is -0.753. The zero-order chi connectivity index (χ0) is 26.8. The van der Waals surface area contributed by atoms with E-state index >= 15 is 0 Å². The standard InChI is InChI=1S/C27H28N2O6S2/c1-4-35-27(30)25(28-36(31,32)22-13-9-19(2)10-14-22)17-21-18-29(26-8-6-5-7-24(21)26)37(33,34)23-15-11-20(3)12-16-23/h5-16,18,25,28H,4,17H2,1-3H3/t25-/m0/s1. The fourth-order valence-corrected chi connectivity index (χ4v) is 6.59.